The van der Waals surface area contributed by atoms with E-state index in [1.165, 1.54) is 11.1 Å². The van der Waals surface area contributed by atoms with Crippen LogP contribution in [0.25, 0.3) is 11.5 Å². The van der Waals surface area contributed by atoms with E-state index in [-0.39, 0.29) is 5.91 Å². The van der Waals surface area contributed by atoms with Crippen LogP contribution in [0.3, 0.4) is 0 Å². The summed E-state index contributed by atoms with van der Waals surface area (Å²) in [5, 5.41) is 8.06. The Balaban J connectivity index is 1.36. The molecule has 1 aliphatic heterocycles. The summed E-state index contributed by atoms with van der Waals surface area (Å²) in [5.74, 6) is 1.03. The molecule has 3 aromatic rings. The van der Waals surface area contributed by atoms with E-state index in [4.69, 9.17) is 4.42 Å². The van der Waals surface area contributed by atoms with Crippen LogP contribution in [0.2, 0.25) is 0 Å². The van der Waals surface area contributed by atoms with Crippen molar-refractivity contribution in [1.82, 2.24) is 20.1 Å². The first kappa shape index (κ1) is 15.5. The summed E-state index contributed by atoms with van der Waals surface area (Å²) in [6.07, 6.45) is 5.10. The van der Waals surface area contributed by atoms with E-state index in [9.17, 15) is 4.79 Å². The molecule has 3 heterocycles. The van der Waals surface area contributed by atoms with Gasteiger partial charge in [-0.15, -0.1) is 10.2 Å². The molecule has 0 saturated heterocycles. The van der Waals surface area contributed by atoms with Crippen molar-refractivity contribution in [3.8, 4) is 11.5 Å². The number of hydrogen-bond donors (Lipinski definition) is 0. The van der Waals surface area contributed by atoms with Crippen LogP contribution in [0.4, 0.5) is 0 Å². The van der Waals surface area contributed by atoms with E-state index in [1.54, 1.807) is 12.4 Å². The van der Waals surface area contributed by atoms with Gasteiger partial charge in [0, 0.05) is 38.3 Å². The largest absolute Gasteiger partial charge is 0.421 e. The number of pyridine rings is 1. The van der Waals surface area contributed by atoms with Gasteiger partial charge in [0.25, 0.3) is 0 Å². The zero-order valence-corrected chi connectivity index (χ0v) is 13.8. The highest BCUT2D eigenvalue weighted by molar-refractivity contribution is 5.76. The Labute approximate surface area is 145 Å². The first-order valence-electron chi connectivity index (χ1n) is 8.37. The molecule has 1 aromatic carbocycles. The molecule has 4 rings (SSSR count). The van der Waals surface area contributed by atoms with Crippen molar-refractivity contribution in [2.45, 2.75) is 25.8 Å². The standard InChI is InChI=1S/C19H18N4O2/c24-18(23-11-9-14-4-1-2-5-16(14)13-23)8-7-17-21-22-19(25-17)15-6-3-10-20-12-15/h1-6,10,12H,7-9,11,13H2. The van der Waals surface area contributed by atoms with Crippen molar-refractivity contribution >= 4 is 5.91 Å². The maximum atomic E-state index is 12.5. The van der Waals surface area contributed by atoms with Gasteiger partial charge in [-0.05, 0) is 29.7 Å². The lowest BCUT2D eigenvalue weighted by molar-refractivity contribution is -0.132. The van der Waals surface area contributed by atoms with Crippen molar-refractivity contribution in [2.75, 3.05) is 6.54 Å². The molecule has 0 unspecified atom stereocenters. The van der Waals surface area contributed by atoms with Gasteiger partial charge in [0.15, 0.2) is 0 Å². The third-order valence-electron chi connectivity index (χ3n) is 4.41. The maximum absolute atomic E-state index is 12.5. The van der Waals surface area contributed by atoms with E-state index in [0.717, 1.165) is 18.5 Å². The van der Waals surface area contributed by atoms with E-state index >= 15 is 0 Å². The van der Waals surface area contributed by atoms with Gasteiger partial charge in [0.1, 0.15) is 0 Å². The van der Waals surface area contributed by atoms with Crippen LogP contribution in [-0.2, 0) is 24.2 Å². The van der Waals surface area contributed by atoms with Crippen molar-refractivity contribution in [1.29, 1.82) is 0 Å². The Morgan fingerprint density at radius 1 is 1.12 bits per heavy atom. The van der Waals surface area contributed by atoms with Gasteiger partial charge >= 0.3 is 0 Å². The molecule has 0 spiro atoms. The van der Waals surface area contributed by atoms with Crippen molar-refractivity contribution in [3.63, 3.8) is 0 Å². The van der Waals surface area contributed by atoms with Gasteiger partial charge in [-0.1, -0.05) is 24.3 Å². The Kier molecular flexibility index (Phi) is 4.24. The molecule has 0 N–H and O–H groups in total. The maximum Gasteiger partial charge on any atom is 0.249 e. The average molecular weight is 334 g/mol. The second-order valence-corrected chi connectivity index (χ2v) is 6.08. The summed E-state index contributed by atoms with van der Waals surface area (Å²) in [5.41, 5.74) is 3.35. The Morgan fingerprint density at radius 3 is 2.84 bits per heavy atom. The van der Waals surface area contributed by atoms with Crippen molar-refractivity contribution < 1.29 is 9.21 Å². The van der Waals surface area contributed by atoms with Gasteiger partial charge in [-0.3, -0.25) is 9.78 Å². The second-order valence-electron chi connectivity index (χ2n) is 6.08. The molecule has 6 heteroatoms. The highest BCUT2D eigenvalue weighted by Gasteiger charge is 2.20. The fourth-order valence-corrected chi connectivity index (χ4v) is 3.04. The molecule has 0 atom stereocenters. The van der Waals surface area contributed by atoms with Crippen molar-refractivity contribution in [2.24, 2.45) is 0 Å². The number of hydrogen-bond acceptors (Lipinski definition) is 5. The molecule has 0 aliphatic carbocycles. The zero-order chi connectivity index (χ0) is 17.1. The van der Waals surface area contributed by atoms with Gasteiger partial charge in [-0.25, -0.2) is 0 Å². The molecule has 1 amide bonds. The highest BCUT2D eigenvalue weighted by atomic mass is 16.4. The number of aryl methyl sites for hydroxylation is 1. The number of benzene rings is 1. The van der Waals surface area contributed by atoms with Gasteiger partial charge < -0.3 is 9.32 Å². The minimum Gasteiger partial charge on any atom is -0.421 e. The third-order valence-corrected chi connectivity index (χ3v) is 4.41. The smallest absolute Gasteiger partial charge is 0.249 e. The van der Waals surface area contributed by atoms with E-state index in [1.807, 2.05) is 29.2 Å². The van der Waals surface area contributed by atoms with Gasteiger partial charge in [-0.2, -0.15) is 0 Å². The summed E-state index contributed by atoms with van der Waals surface area (Å²) in [7, 11) is 0. The van der Waals surface area contributed by atoms with Crippen LogP contribution in [0.1, 0.15) is 23.4 Å². The number of nitrogens with zero attached hydrogens (tertiary/aromatic N) is 4. The predicted octanol–water partition coefficient (Wildman–Crippen LogP) is 2.65. The number of aromatic nitrogens is 3. The van der Waals surface area contributed by atoms with Crippen LogP contribution in [0.15, 0.2) is 53.2 Å². The molecule has 2 aromatic heterocycles. The highest BCUT2D eigenvalue weighted by Crippen LogP contribution is 2.20. The monoisotopic (exact) mass is 334 g/mol. The number of amides is 1. The average Bonchev–Trinajstić information content (AvgIpc) is 3.15. The molecule has 6 nitrogen and oxygen atoms in total. The quantitative estimate of drug-likeness (QED) is 0.733. The molecule has 1 aliphatic rings. The summed E-state index contributed by atoms with van der Waals surface area (Å²) < 4.78 is 5.63. The normalized spacial score (nSPS) is 13.5. The lowest BCUT2D eigenvalue weighted by atomic mass is 9.99. The first-order chi connectivity index (χ1) is 12.3. The summed E-state index contributed by atoms with van der Waals surface area (Å²) in [6.45, 7) is 1.44. The fraction of sp³-hybridized carbons (Fsp3) is 0.263. The Hall–Kier alpha value is -3.02. The molecule has 126 valence electrons. The lowest BCUT2D eigenvalue weighted by Crippen LogP contribution is -2.36. The Morgan fingerprint density at radius 2 is 2.00 bits per heavy atom. The first-order valence-corrected chi connectivity index (χ1v) is 8.37. The van der Waals surface area contributed by atoms with Gasteiger partial charge in [0.05, 0.1) is 5.56 Å². The lowest BCUT2D eigenvalue weighted by Gasteiger charge is -2.28. The van der Waals surface area contributed by atoms with Crippen molar-refractivity contribution in [3.05, 3.63) is 65.8 Å². The summed E-state index contributed by atoms with van der Waals surface area (Å²) in [4.78, 5) is 18.4. The third kappa shape index (κ3) is 3.42. The molecular formula is C19H18N4O2. The SMILES string of the molecule is O=C(CCc1nnc(-c2cccnc2)o1)N1CCc2ccccc2C1. The van der Waals surface area contributed by atoms with Gasteiger partial charge in [0.2, 0.25) is 17.7 Å². The van der Waals surface area contributed by atoms with Crippen LogP contribution in [0.5, 0.6) is 0 Å². The number of carbonyl (C=O) groups excluding carboxylic acids is 1. The number of carbonyl (C=O) groups is 1. The van der Waals surface area contributed by atoms with Crippen LogP contribution in [-0.4, -0.2) is 32.5 Å². The molecule has 25 heavy (non-hydrogen) atoms. The van der Waals surface area contributed by atoms with Crippen LogP contribution in [0, 0.1) is 0 Å². The van der Waals surface area contributed by atoms with Crippen LogP contribution < -0.4 is 0 Å². The summed E-state index contributed by atoms with van der Waals surface area (Å²) >= 11 is 0. The minimum atomic E-state index is 0.121. The molecule has 0 fully saturated rings. The molecule has 0 radical (unpaired) electrons. The summed E-state index contributed by atoms with van der Waals surface area (Å²) in [6, 6.07) is 12.0. The topological polar surface area (TPSA) is 72.1 Å². The number of rotatable bonds is 4. The fourth-order valence-electron chi connectivity index (χ4n) is 3.04. The zero-order valence-electron chi connectivity index (χ0n) is 13.8. The Bertz CT molecular complexity index is 876. The van der Waals surface area contributed by atoms with E-state index in [0.29, 0.717) is 31.2 Å². The molecule has 0 bridgehead atoms. The second kappa shape index (κ2) is 6.84. The predicted molar refractivity (Wildman–Crippen MR) is 91.4 cm³/mol. The molecular weight excluding hydrogens is 316 g/mol. The molecule has 0 saturated carbocycles. The minimum absolute atomic E-state index is 0.121. The number of fused-ring (bicyclic) bond motifs is 1. The van der Waals surface area contributed by atoms with E-state index < -0.39 is 0 Å². The van der Waals surface area contributed by atoms with Crippen LogP contribution >= 0.6 is 0 Å². The van der Waals surface area contributed by atoms with E-state index in [2.05, 4.69) is 27.3 Å².